The van der Waals surface area contributed by atoms with E-state index in [1.165, 1.54) is 0 Å². The SMILES string of the molecule is CC(C)C(C#N)N1CCN(C(=O)C2CC(=O)N(c3ccc(Cl)cc3)C2)CC1. The fourth-order valence-corrected chi connectivity index (χ4v) is 4.00. The van der Waals surface area contributed by atoms with Crippen LogP contribution in [0.15, 0.2) is 24.3 Å². The molecule has 2 aliphatic heterocycles. The van der Waals surface area contributed by atoms with Gasteiger partial charge in [-0.25, -0.2) is 0 Å². The summed E-state index contributed by atoms with van der Waals surface area (Å²) in [5, 5.41) is 9.98. The zero-order chi connectivity index (χ0) is 19.6. The topological polar surface area (TPSA) is 67.6 Å². The normalized spacial score (nSPS) is 22.2. The molecule has 2 amide bonds. The summed E-state index contributed by atoms with van der Waals surface area (Å²) in [7, 11) is 0. The van der Waals surface area contributed by atoms with Crippen molar-refractivity contribution in [3.63, 3.8) is 0 Å². The molecule has 2 heterocycles. The predicted octanol–water partition coefficient (Wildman–Crippen LogP) is 2.39. The third-order valence-electron chi connectivity index (χ3n) is 5.40. The smallest absolute Gasteiger partial charge is 0.228 e. The van der Waals surface area contributed by atoms with Gasteiger partial charge in [0.05, 0.1) is 12.0 Å². The van der Waals surface area contributed by atoms with Crippen LogP contribution in [0.25, 0.3) is 0 Å². The van der Waals surface area contributed by atoms with E-state index in [2.05, 4.69) is 11.0 Å². The molecule has 0 spiro atoms. The monoisotopic (exact) mass is 388 g/mol. The van der Waals surface area contributed by atoms with Crippen LogP contribution in [0.5, 0.6) is 0 Å². The lowest BCUT2D eigenvalue weighted by molar-refractivity contribution is -0.137. The number of hydrogen-bond acceptors (Lipinski definition) is 4. The van der Waals surface area contributed by atoms with Crippen LogP contribution >= 0.6 is 11.6 Å². The summed E-state index contributed by atoms with van der Waals surface area (Å²) >= 11 is 5.91. The number of rotatable bonds is 4. The lowest BCUT2D eigenvalue weighted by Gasteiger charge is -2.38. The van der Waals surface area contributed by atoms with Crippen LogP contribution < -0.4 is 4.90 Å². The molecule has 0 N–H and O–H groups in total. The summed E-state index contributed by atoms with van der Waals surface area (Å²) in [4.78, 5) is 30.9. The zero-order valence-corrected chi connectivity index (χ0v) is 16.5. The number of halogens is 1. The first kappa shape index (κ1) is 19.7. The second-order valence-electron chi connectivity index (χ2n) is 7.56. The maximum atomic E-state index is 12.9. The number of carbonyl (C=O) groups is 2. The zero-order valence-electron chi connectivity index (χ0n) is 15.8. The molecule has 144 valence electrons. The average Bonchev–Trinajstić information content (AvgIpc) is 3.04. The molecule has 6 nitrogen and oxygen atoms in total. The van der Waals surface area contributed by atoms with Crippen molar-refractivity contribution in [3.05, 3.63) is 29.3 Å². The molecule has 2 unspecified atom stereocenters. The first-order chi connectivity index (χ1) is 12.9. The maximum Gasteiger partial charge on any atom is 0.228 e. The number of carbonyl (C=O) groups excluding carboxylic acids is 2. The fraction of sp³-hybridized carbons (Fsp3) is 0.550. The van der Waals surface area contributed by atoms with Crippen LogP contribution in [0, 0.1) is 23.2 Å². The van der Waals surface area contributed by atoms with Gasteiger partial charge in [-0.15, -0.1) is 0 Å². The van der Waals surface area contributed by atoms with Crippen LogP contribution in [0.4, 0.5) is 5.69 Å². The van der Waals surface area contributed by atoms with Gasteiger partial charge in [0.25, 0.3) is 0 Å². The van der Waals surface area contributed by atoms with E-state index >= 15 is 0 Å². The summed E-state index contributed by atoms with van der Waals surface area (Å²) in [6.07, 6.45) is 0.245. The van der Waals surface area contributed by atoms with E-state index in [0.29, 0.717) is 37.7 Å². The Morgan fingerprint density at radius 2 is 1.81 bits per heavy atom. The highest BCUT2D eigenvalue weighted by Crippen LogP contribution is 2.28. The molecule has 0 aromatic heterocycles. The molecule has 7 heteroatoms. The summed E-state index contributed by atoms with van der Waals surface area (Å²) < 4.78 is 0. The molecule has 0 radical (unpaired) electrons. The predicted molar refractivity (Wildman–Crippen MR) is 104 cm³/mol. The standard InChI is InChI=1S/C20H25ClN4O2/c1-14(2)18(12-22)23-7-9-24(10-8-23)20(27)15-11-19(26)25(13-15)17-5-3-16(21)4-6-17/h3-6,14-15,18H,7-11,13H2,1-2H3. The summed E-state index contributed by atoms with van der Waals surface area (Å²) in [6.45, 7) is 7.10. The largest absolute Gasteiger partial charge is 0.340 e. The molecule has 1 aromatic rings. The summed E-state index contributed by atoms with van der Waals surface area (Å²) in [6, 6.07) is 9.36. The molecule has 2 atom stereocenters. The number of hydrogen-bond donors (Lipinski definition) is 0. The van der Waals surface area contributed by atoms with E-state index in [0.717, 1.165) is 5.69 Å². The minimum absolute atomic E-state index is 0.0290. The Morgan fingerprint density at radius 1 is 1.19 bits per heavy atom. The second kappa shape index (κ2) is 8.28. The lowest BCUT2D eigenvalue weighted by Crippen LogP contribution is -2.54. The third-order valence-corrected chi connectivity index (χ3v) is 5.65. The first-order valence-corrected chi connectivity index (χ1v) is 9.77. The van der Waals surface area contributed by atoms with Gasteiger partial charge in [0.15, 0.2) is 0 Å². The Bertz CT molecular complexity index is 735. The molecule has 1 aromatic carbocycles. The quantitative estimate of drug-likeness (QED) is 0.794. The van der Waals surface area contributed by atoms with Crippen molar-refractivity contribution in [3.8, 4) is 6.07 Å². The molecule has 2 saturated heterocycles. The van der Waals surface area contributed by atoms with Gasteiger partial charge in [0.2, 0.25) is 11.8 Å². The Morgan fingerprint density at radius 3 is 2.37 bits per heavy atom. The Labute approximate surface area is 165 Å². The van der Waals surface area contributed by atoms with Crippen molar-refractivity contribution in [1.29, 1.82) is 5.26 Å². The minimum Gasteiger partial charge on any atom is -0.340 e. The van der Waals surface area contributed by atoms with Gasteiger partial charge in [-0.05, 0) is 30.2 Å². The number of amides is 2. The third kappa shape index (κ3) is 4.26. The second-order valence-corrected chi connectivity index (χ2v) is 8.00. The van der Waals surface area contributed by atoms with E-state index < -0.39 is 0 Å². The highest BCUT2D eigenvalue weighted by atomic mass is 35.5. The van der Waals surface area contributed by atoms with Gasteiger partial charge in [-0.1, -0.05) is 25.4 Å². The van der Waals surface area contributed by atoms with Crippen LogP contribution in [0.1, 0.15) is 20.3 Å². The number of anilines is 1. The molecule has 0 bridgehead atoms. The molecular weight excluding hydrogens is 364 g/mol. The van der Waals surface area contributed by atoms with E-state index in [9.17, 15) is 14.9 Å². The van der Waals surface area contributed by atoms with Gasteiger partial charge in [-0.3, -0.25) is 14.5 Å². The summed E-state index contributed by atoms with van der Waals surface area (Å²) in [5.74, 6) is -0.0367. The first-order valence-electron chi connectivity index (χ1n) is 9.39. The van der Waals surface area contributed by atoms with E-state index in [1.54, 1.807) is 29.2 Å². The van der Waals surface area contributed by atoms with E-state index in [1.807, 2.05) is 18.7 Å². The Balaban J connectivity index is 1.59. The van der Waals surface area contributed by atoms with E-state index in [-0.39, 0.29) is 36.1 Å². The Hall–Kier alpha value is -2.10. The molecular formula is C20H25ClN4O2. The van der Waals surface area contributed by atoms with Crippen LogP contribution in [-0.4, -0.2) is 60.4 Å². The van der Waals surface area contributed by atoms with Gasteiger partial charge in [0.1, 0.15) is 6.04 Å². The van der Waals surface area contributed by atoms with Crippen molar-refractivity contribution < 1.29 is 9.59 Å². The lowest BCUT2D eigenvalue weighted by atomic mass is 10.0. The minimum atomic E-state index is -0.309. The van der Waals surface area contributed by atoms with E-state index in [4.69, 9.17) is 11.6 Å². The van der Waals surface area contributed by atoms with Gasteiger partial charge in [0, 0.05) is 49.9 Å². The summed E-state index contributed by atoms with van der Waals surface area (Å²) in [5.41, 5.74) is 0.776. The molecule has 0 aliphatic carbocycles. The van der Waals surface area contributed by atoms with Crippen molar-refractivity contribution in [2.45, 2.75) is 26.3 Å². The van der Waals surface area contributed by atoms with Crippen LogP contribution in [0.2, 0.25) is 5.02 Å². The highest BCUT2D eigenvalue weighted by molar-refractivity contribution is 6.30. The van der Waals surface area contributed by atoms with Crippen LogP contribution in [-0.2, 0) is 9.59 Å². The van der Waals surface area contributed by atoms with Crippen molar-refractivity contribution in [1.82, 2.24) is 9.80 Å². The van der Waals surface area contributed by atoms with Crippen molar-refractivity contribution in [2.24, 2.45) is 11.8 Å². The highest BCUT2D eigenvalue weighted by Gasteiger charge is 2.38. The van der Waals surface area contributed by atoms with Gasteiger partial charge >= 0.3 is 0 Å². The Kier molecular flexibility index (Phi) is 6.03. The van der Waals surface area contributed by atoms with Crippen molar-refractivity contribution in [2.75, 3.05) is 37.6 Å². The number of benzene rings is 1. The van der Waals surface area contributed by atoms with Gasteiger partial charge in [-0.2, -0.15) is 5.26 Å². The molecule has 3 rings (SSSR count). The van der Waals surface area contributed by atoms with Crippen LogP contribution in [0.3, 0.4) is 0 Å². The number of nitrogens with zero attached hydrogens (tertiary/aromatic N) is 4. The molecule has 27 heavy (non-hydrogen) atoms. The maximum absolute atomic E-state index is 12.9. The number of nitriles is 1. The fourth-order valence-electron chi connectivity index (χ4n) is 3.87. The molecule has 2 fully saturated rings. The van der Waals surface area contributed by atoms with Gasteiger partial charge < -0.3 is 9.80 Å². The number of piperazine rings is 1. The van der Waals surface area contributed by atoms with Crippen molar-refractivity contribution >= 4 is 29.1 Å². The molecule has 0 saturated carbocycles. The molecule has 2 aliphatic rings. The average molecular weight is 389 g/mol.